The van der Waals surface area contributed by atoms with Gasteiger partial charge in [-0.15, -0.1) is 0 Å². The number of nitrogens with zero attached hydrogens (tertiary/aromatic N) is 2. The SMILES string of the molecule is CCCn1c(C2CC2)nc(-c2ccccc2OC)c1N. The first-order chi connectivity index (χ1) is 9.76. The molecule has 0 atom stereocenters. The van der Waals surface area contributed by atoms with Crippen LogP contribution in [0.3, 0.4) is 0 Å². The van der Waals surface area contributed by atoms with Crippen molar-refractivity contribution in [3.63, 3.8) is 0 Å². The fraction of sp³-hybridized carbons (Fsp3) is 0.438. The van der Waals surface area contributed by atoms with Crippen molar-refractivity contribution in [3.8, 4) is 17.0 Å². The van der Waals surface area contributed by atoms with Gasteiger partial charge in [-0.25, -0.2) is 4.98 Å². The number of benzene rings is 1. The zero-order valence-corrected chi connectivity index (χ0v) is 12.1. The molecular weight excluding hydrogens is 250 g/mol. The van der Waals surface area contributed by atoms with Crippen molar-refractivity contribution in [2.24, 2.45) is 0 Å². The van der Waals surface area contributed by atoms with Crippen LogP contribution < -0.4 is 10.5 Å². The number of anilines is 1. The Morgan fingerprint density at radius 2 is 2.10 bits per heavy atom. The zero-order chi connectivity index (χ0) is 14.1. The molecule has 1 fully saturated rings. The third-order valence-electron chi connectivity index (χ3n) is 3.79. The van der Waals surface area contributed by atoms with Crippen molar-refractivity contribution in [2.75, 3.05) is 12.8 Å². The predicted octanol–water partition coefficient (Wildman–Crippen LogP) is 3.43. The Bertz CT molecular complexity index is 614. The Morgan fingerprint density at radius 3 is 2.75 bits per heavy atom. The van der Waals surface area contributed by atoms with E-state index in [0.717, 1.165) is 41.6 Å². The molecule has 1 aliphatic rings. The molecule has 1 heterocycles. The highest BCUT2D eigenvalue weighted by Gasteiger charge is 2.31. The lowest BCUT2D eigenvalue weighted by molar-refractivity contribution is 0.416. The van der Waals surface area contributed by atoms with E-state index in [2.05, 4.69) is 11.5 Å². The molecule has 0 unspecified atom stereocenters. The maximum atomic E-state index is 6.36. The summed E-state index contributed by atoms with van der Waals surface area (Å²) in [5.41, 5.74) is 8.19. The first-order valence-corrected chi connectivity index (χ1v) is 7.25. The van der Waals surface area contributed by atoms with E-state index in [9.17, 15) is 0 Å². The van der Waals surface area contributed by atoms with E-state index in [0.29, 0.717) is 5.92 Å². The minimum atomic E-state index is 0.590. The molecule has 0 saturated heterocycles. The molecule has 2 aromatic rings. The molecule has 20 heavy (non-hydrogen) atoms. The molecule has 3 rings (SSSR count). The van der Waals surface area contributed by atoms with Crippen LogP contribution in [0.2, 0.25) is 0 Å². The number of aromatic nitrogens is 2. The van der Waals surface area contributed by atoms with Gasteiger partial charge < -0.3 is 15.0 Å². The van der Waals surface area contributed by atoms with Crippen LogP contribution in [0.4, 0.5) is 5.82 Å². The molecular formula is C16H21N3O. The summed E-state index contributed by atoms with van der Waals surface area (Å²) < 4.78 is 7.62. The fourth-order valence-corrected chi connectivity index (χ4v) is 2.63. The van der Waals surface area contributed by atoms with E-state index in [1.54, 1.807) is 7.11 Å². The highest BCUT2D eigenvalue weighted by molar-refractivity contribution is 5.76. The number of rotatable bonds is 5. The van der Waals surface area contributed by atoms with Crippen LogP contribution in [-0.4, -0.2) is 16.7 Å². The lowest BCUT2D eigenvalue weighted by atomic mass is 10.1. The molecule has 0 spiro atoms. The minimum absolute atomic E-state index is 0.590. The zero-order valence-electron chi connectivity index (χ0n) is 12.1. The normalized spacial score (nSPS) is 14.5. The van der Waals surface area contributed by atoms with Crippen molar-refractivity contribution in [1.29, 1.82) is 0 Å². The Labute approximate surface area is 119 Å². The van der Waals surface area contributed by atoms with Crippen LogP contribution in [-0.2, 0) is 6.54 Å². The summed E-state index contributed by atoms with van der Waals surface area (Å²) in [5, 5.41) is 0. The summed E-state index contributed by atoms with van der Waals surface area (Å²) >= 11 is 0. The Morgan fingerprint density at radius 1 is 1.35 bits per heavy atom. The second-order valence-corrected chi connectivity index (χ2v) is 5.33. The maximum Gasteiger partial charge on any atom is 0.131 e. The maximum absolute atomic E-state index is 6.36. The molecule has 0 bridgehead atoms. The number of nitrogen functional groups attached to an aromatic ring is 1. The first kappa shape index (κ1) is 13.0. The van der Waals surface area contributed by atoms with Crippen LogP contribution in [0.15, 0.2) is 24.3 Å². The molecule has 4 nitrogen and oxygen atoms in total. The smallest absolute Gasteiger partial charge is 0.131 e. The number of ether oxygens (including phenoxy) is 1. The summed E-state index contributed by atoms with van der Waals surface area (Å²) in [6, 6.07) is 7.92. The van der Waals surface area contributed by atoms with E-state index in [1.807, 2.05) is 24.3 Å². The molecule has 1 aromatic carbocycles. The number of nitrogens with two attached hydrogens (primary N) is 1. The van der Waals surface area contributed by atoms with Crippen LogP contribution in [0, 0.1) is 0 Å². The summed E-state index contributed by atoms with van der Waals surface area (Å²) in [6.45, 7) is 3.10. The number of hydrogen-bond donors (Lipinski definition) is 1. The average molecular weight is 271 g/mol. The van der Waals surface area contributed by atoms with Crippen molar-refractivity contribution in [1.82, 2.24) is 9.55 Å². The van der Waals surface area contributed by atoms with Gasteiger partial charge in [0.15, 0.2) is 0 Å². The Balaban J connectivity index is 2.11. The lowest BCUT2D eigenvalue weighted by Crippen LogP contribution is -2.06. The quantitative estimate of drug-likeness (QED) is 0.906. The first-order valence-electron chi connectivity index (χ1n) is 7.25. The summed E-state index contributed by atoms with van der Waals surface area (Å²) in [5.74, 6) is 3.32. The van der Waals surface area contributed by atoms with Gasteiger partial charge >= 0.3 is 0 Å². The van der Waals surface area contributed by atoms with Crippen molar-refractivity contribution in [3.05, 3.63) is 30.1 Å². The molecule has 1 saturated carbocycles. The van der Waals surface area contributed by atoms with Gasteiger partial charge in [0.2, 0.25) is 0 Å². The van der Waals surface area contributed by atoms with Crippen LogP contribution in [0.25, 0.3) is 11.3 Å². The molecule has 1 aliphatic carbocycles. The van der Waals surface area contributed by atoms with Crippen LogP contribution in [0.1, 0.15) is 37.9 Å². The molecule has 1 aromatic heterocycles. The predicted molar refractivity (Wildman–Crippen MR) is 80.9 cm³/mol. The summed E-state index contributed by atoms with van der Waals surface area (Å²) in [4.78, 5) is 4.83. The lowest BCUT2D eigenvalue weighted by Gasteiger charge is -2.08. The van der Waals surface area contributed by atoms with Crippen molar-refractivity contribution in [2.45, 2.75) is 38.6 Å². The van der Waals surface area contributed by atoms with Gasteiger partial charge in [0.25, 0.3) is 0 Å². The molecule has 2 N–H and O–H groups in total. The van der Waals surface area contributed by atoms with Gasteiger partial charge in [0, 0.05) is 18.0 Å². The van der Waals surface area contributed by atoms with E-state index >= 15 is 0 Å². The number of para-hydroxylation sites is 1. The van der Waals surface area contributed by atoms with E-state index < -0.39 is 0 Å². The van der Waals surface area contributed by atoms with Gasteiger partial charge in [-0.3, -0.25) is 0 Å². The third kappa shape index (κ3) is 2.15. The topological polar surface area (TPSA) is 53.1 Å². The number of imidazole rings is 1. The number of methoxy groups -OCH3 is 1. The minimum Gasteiger partial charge on any atom is -0.496 e. The van der Waals surface area contributed by atoms with Gasteiger partial charge in [-0.2, -0.15) is 0 Å². The van der Waals surface area contributed by atoms with E-state index in [4.69, 9.17) is 15.5 Å². The van der Waals surface area contributed by atoms with Crippen LogP contribution in [0.5, 0.6) is 5.75 Å². The number of hydrogen-bond acceptors (Lipinski definition) is 3. The summed E-state index contributed by atoms with van der Waals surface area (Å²) in [6.07, 6.45) is 3.52. The second kappa shape index (κ2) is 5.19. The second-order valence-electron chi connectivity index (χ2n) is 5.33. The van der Waals surface area contributed by atoms with Gasteiger partial charge in [-0.1, -0.05) is 19.1 Å². The highest BCUT2D eigenvalue weighted by Crippen LogP contribution is 2.43. The van der Waals surface area contributed by atoms with Crippen LogP contribution >= 0.6 is 0 Å². The fourth-order valence-electron chi connectivity index (χ4n) is 2.63. The third-order valence-corrected chi connectivity index (χ3v) is 3.79. The molecule has 0 amide bonds. The van der Waals surface area contributed by atoms with Gasteiger partial charge in [0.05, 0.1) is 7.11 Å². The van der Waals surface area contributed by atoms with Gasteiger partial charge in [0.1, 0.15) is 23.1 Å². The molecule has 4 heteroatoms. The highest BCUT2D eigenvalue weighted by atomic mass is 16.5. The summed E-state index contributed by atoms with van der Waals surface area (Å²) in [7, 11) is 1.68. The molecule has 0 aliphatic heterocycles. The van der Waals surface area contributed by atoms with Gasteiger partial charge in [-0.05, 0) is 31.4 Å². The standard InChI is InChI=1S/C16H21N3O/c1-3-10-19-15(17)14(18-16(19)11-8-9-11)12-6-4-5-7-13(12)20-2/h4-7,11H,3,8-10,17H2,1-2H3. The average Bonchev–Trinajstić information content (AvgIpc) is 3.26. The Kier molecular flexibility index (Phi) is 3.38. The largest absolute Gasteiger partial charge is 0.496 e. The van der Waals surface area contributed by atoms with E-state index in [1.165, 1.54) is 12.8 Å². The monoisotopic (exact) mass is 271 g/mol. The van der Waals surface area contributed by atoms with Crippen molar-refractivity contribution >= 4 is 5.82 Å². The van der Waals surface area contributed by atoms with Crippen molar-refractivity contribution < 1.29 is 4.74 Å². The Hall–Kier alpha value is -1.97. The molecule has 106 valence electrons. The molecule has 0 radical (unpaired) electrons. The van der Waals surface area contributed by atoms with E-state index in [-0.39, 0.29) is 0 Å².